The summed E-state index contributed by atoms with van der Waals surface area (Å²) in [5, 5.41) is 12.0. The summed E-state index contributed by atoms with van der Waals surface area (Å²) in [6.07, 6.45) is 4.12. The average molecular weight is 537 g/mol. The number of β-amino-alcohol motifs (C(OH)–C–C–N with tert-alkyl or cyclic N) is 1. The van der Waals surface area contributed by atoms with E-state index in [1.54, 1.807) is 0 Å². The molecule has 3 rings (SSSR count). The van der Waals surface area contributed by atoms with Crippen LogP contribution in [0.3, 0.4) is 0 Å². The highest BCUT2D eigenvalue weighted by Crippen LogP contribution is 2.29. The van der Waals surface area contributed by atoms with Gasteiger partial charge in [-0.05, 0) is 81.3 Å². The largest absolute Gasteiger partial charge is 0.466 e. The van der Waals surface area contributed by atoms with Gasteiger partial charge in [-0.25, -0.2) is 0 Å². The molecule has 3 atom stereocenters. The van der Waals surface area contributed by atoms with Crippen molar-refractivity contribution in [2.24, 2.45) is 0 Å². The van der Waals surface area contributed by atoms with E-state index in [0.29, 0.717) is 42.1 Å². The van der Waals surface area contributed by atoms with Crippen molar-refractivity contribution < 1.29 is 19.4 Å². The van der Waals surface area contributed by atoms with Crippen molar-refractivity contribution in [1.82, 2.24) is 4.90 Å². The lowest BCUT2D eigenvalue weighted by atomic mass is 9.95. The molecule has 0 unspecified atom stereocenters. The Morgan fingerprint density at radius 2 is 1.97 bits per heavy atom. The zero-order valence-corrected chi connectivity index (χ0v) is 23.2. The molecule has 36 heavy (non-hydrogen) atoms. The maximum atomic E-state index is 11.9. The summed E-state index contributed by atoms with van der Waals surface area (Å²) in [5.41, 5.74) is 4.49. The van der Waals surface area contributed by atoms with Crippen LogP contribution in [0.2, 0.25) is 10.0 Å². The van der Waals surface area contributed by atoms with Crippen LogP contribution in [0.15, 0.2) is 36.4 Å². The lowest BCUT2D eigenvalue weighted by Crippen LogP contribution is -2.39. The van der Waals surface area contributed by atoms with Crippen molar-refractivity contribution in [2.45, 2.75) is 77.5 Å². The van der Waals surface area contributed by atoms with Crippen LogP contribution >= 0.6 is 23.2 Å². The number of aliphatic hydroxyl groups excluding tert-OH is 1. The SMILES string of the molecule is CCOC(=O)CCc1cc(C)ccc1[C@@H](CC)OC[C@H](O)CN1CCC[C@H]1Cc1ccc(Cl)c(Cl)c1. The van der Waals surface area contributed by atoms with Gasteiger partial charge in [-0.2, -0.15) is 0 Å². The second-order valence-corrected chi connectivity index (χ2v) is 10.4. The van der Waals surface area contributed by atoms with Crippen LogP contribution in [0.25, 0.3) is 0 Å². The Labute approximate surface area is 225 Å². The second-order valence-electron chi connectivity index (χ2n) is 9.63. The second kappa shape index (κ2) is 14.3. The Bertz CT molecular complexity index is 999. The van der Waals surface area contributed by atoms with Gasteiger partial charge in [0.15, 0.2) is 0 Å². The lowest BCUT2D eigenvalue weighted by Gasteiger charge is -2.28. The fourth-order valence-corrected chi connectivity index (χ4v) is 5.34. The molecule has 1 aliphatic rings. The number of carbonyl (C=O) groups excluding carboxylic acids is 1. The number of ether oxygens (including phenoxy) is 2. The van der Waals surface area contributed by atoms with Gasteiger partial charge in [0, 0.05) is 19.0 Å². The molecule has 0 spiro atoms. The van der Waals surface area contributed by atoms with Crippen LogP contribution in [0.1, 0.15) is 67.9 Å². The van der Waals surface area contributed by atoms with Gasteiger partial charge < -0.3 is 14.6 Å². The summed E-state index contributed by atoms with van der Waals surface area (Å²) < 4.78 is 11.3. The normalized spacial score (nSPS) is 17.8. The van der Waals surface area contributed by atoms with Gasteiger partial charge in [0.05, 0.1) is 35.5 Å². The molecule has 1 N–H and O–H groups in total. The van der Waals surface area contributed by atoms with Crippen LogP contribution in [0.5, 0.6) is 0 Å². The molecule has 0 aromatic heterocycles. The number of esters is 1. The Balaban J connectivity index is 1.56. The first-order valence-electron chi connectivity index (χ1n) is 13.0. The highest BCUT2D eigenvalue weighted by atomic mass is 35.5. The summed E-state index contributed by atoms with van der Waals surface area (Å²) in [4.78, 5) is 14.3. The lowest BCUT2D eigenvalue weighted by molar-refractivity contribution is -0.143. The molecular formula is C29H39Cl2NO4. The third-order valence-electron chi connectivity index (χ3n) is 6.81. The van der Waals surface area contributed by atoms with Crippen molar-refractivity contribution in [3.63, 3.8) is 0 Å². The first-order valence-corrected chi connectivity index (χ1v) is 13.8. The summed E-state index contributed by atoms with van der Waals surface area (Å²) in [6.45, 7) is 8.15. The molecule has 2 aromatic carbocycles. The van der Waals surface area contributed by atoms with Crippen molar-refractivity contribution in [2.75, 3.05) is 26.3 Å². The standard InChI is InChI=1S/C29H39Cl2NO4/c1-4-28(25-11-8-20(3)15-22(25)10-13-29(34)35-5-2)36-19-24(33)18-32-14-6-7-23(32)16-21-9-12-26(30)27(31)17-21/h8-9,11-12,15,17,23-24,28,33H,4-7,10,13-14,16,18-19H2,1-3H3/t23-,24+,28+/m0/s1. The first kappa shape index (κ1) is 28.9. The van der Waals surface area contributed by atoms with Crippen molar-refractivity contribution in [3.05, 3.63) is 68.7 Å². The van der Waals surface area contributed by atoms with E-state index >= 15 is 0 Å². The number of aliphatic hydroxyl groups is 1. The summed E-state index contributed by atoms with van der Waals surface area (Å²) in [7, 11) is 0. The predicted molar refractivity (Wildman–Crippen MR) is 146 cm³/mol. The fraction of sp³-hybridized carbons (Fsp3) is 0.552. The van der Waals surface area contributed by atoms with Crippen LogP contribution in [0.4, 0.5) is 0 Å². The molecule has 198 valence electrons. The van der Waals surface area contributed by atoms with Gasteiger partial charge in [-0.1, -0.05) is 60.0 Å². The maximum absolute atomic E-state index is 11.9. The number of benzene rings is 2. The molecular weight excluding hydrogens is 497 g/mol. The van der Waals surface area contributed by atoms with Crippen molar-refractivity contribution in [3.8, 4) is 0 Å². The number of nitrogens with zero attached hydrogens (tertiary/aromatic N) is 1. The maximum Gasteiger partial charge on any atom is 0.306 e. The van der Waals surface area contributed by atoms with E-state index in [4.69, 9.17) is 32.7 Å². The van der Waals surface area contributed by atoms with Gasteiger partial charge in [-0.3, -0.25) is 9.69 Å². The van der Waals surface area contributed by atoms with E-state index in [9.17, 15) is 9.90 Å². The summed E-state index contributed by atoms with van der Waals surface area (Å²) >= 11 is 12.3. The number of hydrogen-bond acceptors (Lipinski definition) is 5. The molecule has 0 bridgehead atoms. The van der Waals surface area contributed by atoms with Crippen LogP contribution in [-0.4, -0.2) is 54.4 Å². The number of carbonyl (C=O) groups is 1. The highest BCUT2D eigenvalue weighted by Gasteiger charge is 2.27. The zero-order chi connectivity index (χ0) is 26.1. The van der Waals surface area contributed by atoms with Gasteiger partial charge >= 0.3 is 5.97 Å². The fourth-order valence-electron chi connectivity index (χ4n) is 5.02. The Kier molecular flexibility index (Phi) is 11.5. The molecule has 7 heteroatoms. The third-order valence-corrected chi connectivity index (χ3v) is 7.55. The molecule has 1 heterocycles. The molecule has 5 nitrogen and oxygen atoms in total. The Morgan fingerprint density at radius 3 is 2.69 bits per heavy atom. The van der Waals surface area contributed by atoms with E-state index in [0.717, 1.165) is 54.5 Å². The Hall–Kier alpha value is -1.63. The van der Waals surface area contributed by atoms with Crippen LogP contribution in [-0.2, 0) is 27.1 Å². The molecule has 1 aliphatic heterocycles. The molecule has 0 aliphatic carbocycles. The molecule has 0 saturated carbocycles. The number of likely N-dealkylation sites (tertiary alicyclic amines) is 1. The first-order chi connectivity index (χ1) is 17.3. The van der Waals surface area contributed by atoms with Crippen molar-refractivity contribution >= 4 is 29.2 Å². The van der Waals surface area contributed by atoms with Gasteiger partial charge in [0.25, 0.3) is 0 Å². The van der Waals surface area contributed by atoms with E-state index in [1.807, 2.05) is 32.0 Å². The number of rotatable bonds is 13. The Morgan fingerprint density at radius 1 is 1.17 bits per heavy atom. The van der Waals surface area contributed by atoms with Crippen molar-refractivity contribution in [1.29, 1.82) is 0 Å². The van der Waals surface area contributed by atoms with E-state index in [-0.39, 0.29) is 18.7 Å². The van der Waals surface area contributed by atoms with E-state index in [2.05, 4.69) is 30.0 Å². The van der Waals surface area contributed by atoms with E-state index in [1.165, 1.54) is 0 Å². The summed E-state index contributed by atoms with van der Waals surface area (Å²) in [6, 6.07) is 12.5. The van der Waals surface area contributed by atoms with Gasteiger partial charge in [0.2, 0.25) is 0 Å². The topological polar surface area (TPSA) is 59.0 Å². The number of halogens is 2. The predicted octanol–water partition coefficient (Wildman–Crippen LogP) is 6.33. The number of hydrogen-bond donors (Lipinski definition) is 1. The van der Waals surface area contributed by atoms with Gasteiger partial charge in [0.1, 0.15) is 0 Å². The molecule has 1 fully saturated rings. The monoisotopic (exact) mass is 535 g/mol. The van der Waals surface area contributed by atoms with Crippen LogP contribution in [0, 0.1) is 6.92 Å². The van der Waals surface area contributed by atoms with E-state index < -0.39 is 6.10 Å². The highest BCUT2D eigenvalue weighted by molar-refractivity contribution is 6.42. The zero-order valence-electron chi connectivity index (χ0n) is 21.6. The minimum Gasteiger partial charge on any atom is -0.466 e. The minimum atomic E-state index is -0.582. The molecule has 1 saturated heterocycles. The summed E-state index contributed by atoms with van der Waals surface area (Å²) in [5.74, 6) is -0.185. The minimum absolute atomic E-state index is 0.136. The smallest absolute Gasteiger partial charge is 0.306 e. The molecule has 2 aromatic rings. The quantitative estimate of drug-likeness (QED) is 0.303. The molecule has 0 radical (unpaired) electrons. The number of aryl methyl sites for hydroxylation is 2. The van der Waals surface area contributed by atoms with Gasteiger partial charge in [-0.15, -0.1) is 0 Å². The van der Waals surface area contributed by atoms with Crippen LogP contribution < -0.4 is 0 Å². The third kappa shape index (κ3) is 8.46. The average Bonchev–Trinajstić information content (AvgIpc) is 3.27. The molecule has 0 amide bonds.